The third-order valence-electron chi connectivity index (χ3n) is 5.66. The fourth-order valence-corrected chi connectivity index (χ4v) is 3.96. The van der Waals surface area contributed by atoms with E-state index in [0.29, 0.717) is 19.1 Å². The number of hydrogen-bond donors (Lipinski definition) is 2. The monoisotopic (exact) mass is 426 g/mol. The van der Waals surface area contributed by atoms with Crippen LogP contribution in [0, 0.1) is 6.92 Å². The summed E-state index contributed by atoms with van der Waals surface area (Å²) in [6.45, 7) is 6.63. The Labute approximate surface area is 182 Å². The van der Waals surface area contributed by atoms with E-state index in [2.05, 4.69) is 15.2 Å². The zero-order valence-electron chi connectivity index (χ0n) is 18.0. The average molecular weight is 427 g/mol. The molecule has 0 radical (unpaired) electrons. The van der Waals surface area contributed by atoms with Crippen molar-refractivity contribution < 1.29 is 19.4 Å². The Morgan fingerprint density at radius 3 is 2.68 bits per heavy atom. The Hall–Kier alpha value is -2.84. The molecule has 2 aliphatic heterocycles. The van der Waals surface area contributed by atoms with Crippen LogP contribution in [0.5, 0.6) is 5.88 Å². The SMILES string of the molecule is Cc1ccc(NC(=O)N2CCCC2)cc1-c1cc(OCCO)nc(N2CCOCC2)c1. The van der Waals surface area contributed by atoms with Crippen LogP contribution in [0.3, 0.4) is 0 Å². The summed E-state index contributed by atoms with van der Waals surface area (Å²) in [7, 11) is 0. The molecule has 2 saturated heterocycles. The van der Waals surface area contributed by atoms with Crippen molar-refractivity contribution in [2.45, 2.75) is 19.8 Å². The molecule has 1 aromatic heterocycles. The highest BCUT2D eigenvalue weighted by Crippen LogP contribution is 2.32. The molecular weight excluding hydrogens is 396 g/mol. The standard InChI is InChI=1S/C23H30N4O4/c1-17-4-5-19(24-23(29)27-6-2-3-7-27)16-20(17)18-14-21(26-8-11-30-12-9-26)25-22(15-18)31-13-10-28/h4-5,14-16,28H,2-3,6-13H2,1H3,(H,24,29). The molecule has 3 heterocycles. The van der Waals surface area contributed by atoms with Gasteiger partial charge in [-0.3, -0.25) is 0 Å². The van der Waals surface area contributed by atoms with Gasteiger partial charge >= 0.3 is 6.03 Å². The largest absolute Gasteiger partial charge is 0.475 e. The van der Waals surface area contributed by atoms with E-state index >= 15 is 0 Å². The minimum Gasteiger partial charge on any atom is -0.475 e. The van der Waals surface area contributed by atoms with Crippen LogP contribution in [-0.4, -0.2) is 73.6 Å². The summed E-state index contributed by atoms with van der Waals surface area (Å²) in [5, 5.41) is 12.2. The van der Waals surface area contributed by atoms with E-state index in [1.54, 1.807) is 0 Å². The Bertz CT molecular complexity index is 908. The van der Waals surface area contributed by atoms with Crippen molar-refractivity contribution in [2.75, 3.05) is 62.8 Å². The van der Waals surface area contributed by atoms with Gasteiger partial charge in [-0.15, -0.1) is 0 Å². The first-order chi connectivity index (χ1) is 15.1. The van der Waals surface area contributed by atoms with Gasteiger partial charge in [0, 0.05) is 37.9 Å². The van der Waals surface area contributed by atoms with Gasteiger partial charge in [0.15, 0.2) is 0 Å². The van der Waals surface area contributed by atoms with Gasteiger partial charge in [0.1, 0.15) is 12.4 Å². The molecule has 8 nitrogen and oxygen atoms in total. The number of aryl methyl sites for hydroxylation is 1. The molecule has 1 aromatic carbocycles. The van der Waals surface area contributed by atoms with Crippen LogP contribution in [0.1, 0.15) is 18.4 Å². The third-order valence-corrected chi connectivity index (χ3v) is 5.66. The van der Waals surface area contributed by atoms with Crippen molar-refractivity contribution in [1.82, 2.24) is 9.88 Å². The summed E-state index contributed by atoms with van der Waals surface area (Å²) in [5.41, 5.74) is 3.82. The van der Waals surface area contributed by atoms with E-state index < -0.39 is 0 Å². The Morgan fingerprint density at radius 2 is 1.94 bits per heavy atom. The first kappa shape index (κ1) is 21.4. The number of aliphatic hydroxyl groups excluding tert-OH is 1. The van der Waals surface area contributed by atoms with Crippen molar-refractivity contribution in [1.29, 1.82) is 0 Å². The zero-order chi connectivity index (χ0) is 21.6. The third kappa shape index (κ3) is 5.26. The van der Waals surface area contributed by atoms with Crippen LogP contribution in [0.25, 0.3) is 11.1 Å². The van der Waals surface area contributed by atoms with Gasteiger partial charge in [-0.05, 0) is 54.7 Å². The molecule has 2 amide bonds. The lowest BCUT2D eigenvalue weighted by Crippen LogP contribution is -2.36. The van der Waals surface area contributed by atoms with Crippen LogP contribution in [0.15, 0.2) is 30.3 Å². The molecule has 8 heteroatoms. The maximum Gasteiger partial charge on any atom is 0.321 e. The van der Waals surface area contributed by atoms with E-state index in [1.165, 1.54) is 0 Å². The first-order valence-electron chi connectivity index (χ1n) is 10.9. The van der Waals surface area contributed by atoms with E-state index in [0.717, 1.165) is 67.2 Å². The number of carbonyl (C=O) groups is 1. The normalized spacial score (nSPS) is 16.5. The molecule has 2 aromatic rings. The van der Waals surface area contributed by atoms with Crippen LogP contribution in [0.2, 0.25) is 0 Å². The van der Waals surface area contributed by atoms with Crippen molar-refractivity contribution in [3.63, 3.8) is 0 Å². The number of urea groups is 1. The quantitative estimate of drug-likeness (QED) is 0.739. The van der Waals surface area contributed by atoms with Crippen molar-refractivity contribution >= 4 is 17.5 Å². The van der Waals surface area contributed by atoms with E-state index in [9.17, 15) is 4.79 Å². The maximum absolute atomic E-state index is 12.5. The minimum absolute atomic E-state index is 0.0528. The number of nitrogens with zero attached hydrogens (tertiary/aromatic N) is 3. The highest BCUT2D eigenvalue weighted by Gasteiger charge is 2.19. The van der Waals surface area contributed by atoms with Crippen molar-refractivity contribution in [3.05, 3.63) is 35.9 Å². The first-order valence-corrected chi connectivity index (χ1v) is 10.9. The Balaban J connectivity index is 1.64. The number of carbonyl (C=O) groups excluding carboxylic acids is 1. The molecule has 0 aliphatic carbocycles. The molecule has 0 spiro atoms. The van der Waals surface area contributed by atoms with Gasteiger partial charge in [0.05, 0.1) is 19.8 Å². The maximum atomic E-state index is 12.5. The summed E-state index contributed by atoms with van der Waals surface area (Å²) in [4.78, 5) is 21.2. The highest BCUT2D eigenvalue weighted by atomic mass is 16.5. The molecule has 2 fully saturated rings. The number of pyridine rings is 1. The van der Waals surface area contributed by atoms with Crippen LogP contribution in [-0.2, 0) is 4.74 Å². The number of nitrogens with one attached hydrogen (secondary N) is 1. The average Bonchev–Trinajstić information content (AvgIpc) is 3.34. The molecule has 4 rings (SSSR count). The summed E-state index contributed by atoms with van der Waals surface area (Å²) >= 11 is 0. The number of rotatable bonds is 6. The summed E-state index contributed by atoms with van der Waals surface area (Å²) in [6.07, 6.45) is 2.12. The number of morpholine rings is 1. The fourth-order valence-electron chi connectivity index (χ4n) is 3.96. The molecule has 2 aliphatic rings. The van der Waals surface area contributed by atoms with Crippen LogP contribution < -0.4 is 15.0 Å². The number of anilines is 2. The van der Waals surface area contributed by atoms with Gasteiger partial charge in [0.25, 0.3) is 0 Å². The lowest BCUT2D eigenvalue weighted by molar-refractivity contribution is 0.122. The second-order valence-electron chi connectivity index (χ2n) is 7.88. The molecule has 0 atom stereocenters. The predicted octanol–water partition coefficient (Wildman–Crippen LogP) is 2.89. The zero-order valence-corrected chi connectivity index (χ0v) is 18.0. The van der Waals surface area contributed by atoms with E-state index in [1.807, 2.05) is 42.2 Å². The van der Waals surface area contributed by atoms with Gasteiger partial charge in [-0.25, -0.2) is 4.79 Å². The number of aliphatic hydroxyl groups is 1. The van der Waals surface area contributed by atoms with Crippen LogP contribution >= 0.6 is 0 Å². The topological polar surface area (TPSA) is 87.2 Å². The highest BCUT2D eigenvalue weighted by molar-refractivity contribution is 5.90. The van der Waals surface area contributed by atoms with Gasteiger partial charge in [-0.1, -0.05) is 6.07 Å². The lowest BCUT2D eigenvalue weighted by atomic mass is 10.0. The minimum atomic E-state index is -0.0736. The number of aromatic nitrogens is 1. The van der Waals surface area contributed by atoms with Crippen molar-refractivity contribution in [3.8, 4) is 17.0 Å². The molecule has 0 saturated carbocycles. The second-order valence-corrected chi connectivity index (χ2v) is 7.88. The summed E-state index contributed by atoms with van der Waals surface area (Å²) < 4.78 is 11.1. The second kappa shape index (κ2) is 9.98. The van der Waals surface area contributed by atoms with Gasteiger partial charge < -0.3 is 29.7 Å². The molecular formula is C23H30N4O4. The van der Waals surface area contributed by atoms with E-state index in [-0.39, 0.29) is 19.2 Å². The summed E-state index contributed by atoms with van der Waals surface area (Å²) in [6, 6.07) is 9.82. The molecule has 166 valence electrons. The number of ether oxygens (including phenoxy) is 2. The number of hydrogen-bond acceptors (Lipinski definition) is 6. The Kier molecular flexibility index (Phi) is 6.89. The van der Waals surface area contributed by atoms with E-state index in [4.69, 9.17) is 14.6 Å². The molecule has 2 N–H and O–H groups in total. The smallest absolute Gasteiger partial charge is 0.321 e. The molecule has 31 heavy (non-hydrogen) atoms. The summed E-state index contributed by atoms with van der Waals surface area (Å²) in [5.74, 6) is 1.29. The lowest BCUT2D eigenvalue weighted by Gasteiger charge is -2.28. The van der Waals surface area contributed by atoms with Gasteiger partial charge in [-0.2, -0.15) is 4.98 Å². The number of likely N-dealkylation sites (tertiary alicyclic amines) is 1. The van der Waals surface area contributed by atoms with Gasteiger partial charge in [0.2, 0.25) is 5.88 Å². The van der Waals surface area contributed by atoms with Crippen LogP contribution in [0.4, 0.5) is 16.3 Å². The number of benzene rings is 1. The predicted molar refractivity (Wildman–Crippen MR) is 120 cm³/mol. The fraction of sp³-hybridized carbons (Fsp3) is 0.478. The number of amides is 2. The molecule has 0 unspecified atom stereocenters. The molecule has 0 bridgehead atoms. The van der Waals surface area contributed by atoms with Crippen molar-refractivity contribution in [2.24, 2.45) is 0 Å². The Morgan fingerprint density at radius 1 is 1.16 bits per heavy atom.